The van der Waals surface area contributed by atoms with Crippen LogP contribution in [0.3, 0.4) is 0 Å². The first-order chi connectivity index (χ1) is 9.27. The summed E-state index contributed by atoms with van der Waals surface area (Å²) < 4.78 is 0. The Bertz CT molecular complexity index is 673. The fourth-order valence-corrected chi connectivity index (χ4v) is 1.96. The van der Waals surface area contributed by atoms with E-state index in [-0.39, 0.29) is 0 Å². The minimum atomic E-state index is -0.495. The molecule has 4 nitrogen and oxygen atoms in total. The number of aliphatic imine (C=N–C) groups is 2. The second-order valence-corrected chi connectivity index (χ2v) is 3.90. The van der Waals surface area contributed by atoms with Gasteiger partial charge in [-0.2, -0.15) is 9.98 Å². The predicted molar refractivity (Wildman–Crippen MR) is 72.4 cm³/mol. The lowest BCUT2D eigenvalue weighted by Crippen LogP contribution is -2.11. The van der Waals surface area contributed by atoms with Crippen molar-refractivity contribution < 1.29 is 9.59 Å². The SMILES string of the molecule is C=C1C=CC=C(c2ccccc2N=C=O)C1N=C=O. The molecule has 0 aliphatic heterocycles. The zero-order chi connectivity index (χ0) is 13.7. The molecule has 92 valence electrons. The molecule has 0 saturated heterocycles. The summed E-state index contributed by atoms with van der Waals surface area (Å²) in [6, 6.07) is 6.60. The second-order valence-electron chi connectivity index (χ2n) is 3.90. The summed E-state index contributed by atoms with van der Waals surface area (Å²) in [4.78, 5) is 28.4. The van der Waals surface area contributed by atoms with Gasteiger partial charge in [-0.05, 0) is 17.2 Å². The molecule has 0 fully saturated rings. The van der Waals surface area contributed by atoms with E-state index in [0.29, 0.717) is 11.3 Å². The maximum atomic E-state index is 10.5. The highest BCUT2D eigenvalue weighted by atomic mass is 16.1. The first kappa shape index (κ1) is 12.7. The number of allylic oxidation sites excluding steroid dienone is 2. The summed E-state index contributed by atoms with van der Waals surface area (Å²) in [6.45, 7) is 3.86. The Hall–Kier alpha value is -2.80. The zero-order valence-corrected chi connectivity index (χ0v) is 10.0. The van der Waals surface area contributed by atoms with Crippen molar-refractivity contribution in [3.63, 3.8) is 0 Å². The standard InChI is InChI=1S/C15H10N2O2/c1-11-5-4-7-13(15(11)17-10-19)12-6-2-3-8-14(12)16-9-18/h2-8,15H,1H2. The Balaban J connectivity index is 2.59. The maximum Gasteiger partial charge on any atom is 0.240 e. The van der Waals surface area contributed by atoms with E-state index in [1.54, 1.807) is 24.3 Å². The van der Waals surface area contributed by atoms with Gasteiger partial charge in [-0.1, -0.05) is 43.0 Å². The van der Waals surface area contributed by atoms with E-state index in [1.807, 2.05) is 24.3 Å². The number of benzene rings is 1. The van der Waals surface area contributed by atoms with Gasteiger partial charge in [0.15, 0.2) is 0 Å². The molecule has 1 aromatic carbocycles. The molecule has 2 rings (SSSR count). The van der Waals surface area contributed by atoms with Crippen LogP contribution in [-0.4, -0.2) is 18.2 Å². The lowest BCUT2D eigenvalue weighted by atomic mass is 9.89. The van der Waals surface area contributed by atoms with E-state index in [9.17, 15) is 9.59 Å². The molecule has 1 atom stereocenters. The van der Waals surface area contributed by atoms with E-state index in [1.165, 1.54) is 6.08 Å². The lowest BCUT2D eigenvalue weighted by Gasteiger charge is -2.19. The fourth-order valence-electron chi connectivity index (χ4n) is 1.96. The Morgan fingerprint density at radius 3 is 2.68 bits per heavy atom. The Morgan fingerprint density at radius 1 is 1.16 bits per heavy atom. The van der Waals surface area contributed by atoms with Crippen molar-refractivity contribution in [2.24, 2.45) is 9.98 Å². The third-order valence-electron chi connectivity index (χ3n) is 2.79. The van der Waals surface area contributed by atoms with Gasteiger partial charge in [-0.3, -0.25) is 0 Å². The fraction of sp³-hybridized carbons (Fsp3) is 0.0667. The molecule has 0 amide bonds. The molecule has 1 unspecified atom stereocenters. The quantitative estimate of drug-likeness (QED) is 0.611. The minimum Gasteiger partial charge on any atom is -0.211 e. The molecule has 0 aromatic heterocycles. The summed E-state index contributed by atoms with van der Waals surface area (Å²) in [5.74, 6) is 0. The molecule has 4 heteroatoms. The van der Waals surface area contributed by atoms with Crippen molar-refractivity contribution in [3.05, 3.63) is 60.2 Å². The molecule has 1 aliphatic rings. The topological polar surface area (TPSA) is 58.9 Å². The van der Waals surface area contributed by atoms with Crippen molar-refractivity contribution in [2.45, 2.75) is 6.04 Å². The van der Waals surface area contributed by atoms with Crippen LogP contribution in [0.4, 0.5) is 5.69 Å². The number of isocyanates is 2. The number of para-hydroxylation sites is 1. The number of rotatable bonds is 3. The summed E-state index contributed by atoms with van der Waals surface area (Å²) in [7, 11) is 0. The monoisotopic (exact) mass is 250 g/mol. The van der Waals surface area contributed by atoms with Crippen molar-refractivity contribution >= 4 is 23.4 Å². The van der Waals surface area contributed by atoms with Crippen LogP contribution in [0.2, 0.25) is 0 Å². The van der Waals surface area contributed by atoms with Crippen molar-refractivity contribution in [3.8, 4) is 0 Å². The van der Waals surface area contributed by atoms with Crippen LogP contribution in [-0.2, 0) is 9.59 Å². The minimum absolute atomic E-state index is 0.484. The highest BCUT2D eigenvalue weighted by Crippen LogP contribution is 2.34. The largest absolute Gasteiger partial charge is 0.240 e. The molecule has 19 heavy (non-hydrogen) atoms. The van der Waals surface area contributed by atoms with Gasteiger partial charge in [0.05, 0.1) is 5.69 Å². The molecular formula is C15H10N2O2. The molecular weight excluding hydrogens is 240 g/mol. The number of hydrogen-bond acceptors (Lipinski definition) is 4. The van der Waals surface area contributed by atoms with Gasteiger partial charge in [0.1, 0.15) is 6.04 Å². The Kier molecular flexibility index (Phi) is 3.79. The van der Waals surface area contributed by atoms with Gasteiger partial charge in [0.2, 0.25) is 12.2 Å². The maximum absolute atomic E-state index is 10.5. The smallest absolute Gasteiger partial charge is 0.211 e. The van der Waals surface area contributed by atoms with Crippen LogP contribution in [0.5, 0.6) is 0 Å². The van der Waals surface area contributed by atoms with E-state index in [2.05, 4.69) is 16.6 Å². The molecule has 1 aromatic rings. The molecule has 0 saturated carbocycles. The van der Waals surface area contributed by atoms with Crippen molar-refractivity contribution in [2.75, 3.05) is 0 Å². The zero-order valence-electron chi connectivity index (χ0n) is 10.0. The van der Waals surface area contributed by atoms with Crippen molar-refractivity contribution in [1.29, 1.82) is 0 Å². The Morgan fingerprint density at radius 2 is 1.95 bits per heavy atom. The summed E-state index contributed by atoms with van der Waals surface area (Å²) in [5.41, 5.74) is 2.65. The molecule has 0 spiro atoms. The third-order valence-corrected chi connectivity index (χ3v) is 2.79. The predicted octanol–water partition coefficient (Wildman–Crippen LogP) is 2.87. The second kappa shape index (κ2) is 5.69. The summed E-state index contributed by atoms with van der Waals surface area (Å²) >= 11 is 0. The highest BCUT2D eigenvalue weighted by molar-refractivity contribution is 5.83. The van der Waals surface area contributed by atoms with Crippen LogP contribution in [0.1, 0.15) is 5.56 Å². The van der Waals surface area contributed by atoms with Gasteiger partial charge in [-0.25, -0.2) is 9.59 Å². The van der Waals surface area contributed by atoms with Gasteiger partial charge < -0.3 is 0 Å². The molecule has 0 bridgehead atoms. The molecule has 0 N–H and O–H groups in total. The summed E-state index contributed by atoms with van der Waals surface area (Å²) in [5, 5.41) is 0. The van der Waals surface area contributed by atoms with Crippen LogP contribution < -0.4 is 0 Å². The van der Waals surface area contributed by atoms with Crippen molar-refractivity contribution in [1.82, 2.24) is 0 Å². The molecule has 0 heterocycles. The molecule has 1 aliphatic carbocycles. The third kappa shape index (κ3) is 2.55. The number of nitrogens with zero attached hydrogens (tertiary/aromatic N) is 2. The van der Waals surface area contributed by atoms with Gasteiger partial charge in [-0.15, -0.1) is 0 Å². The van der Waals surface area contributed by atoms with Crippen LogP contribution in [0.15, 0.2) is 64.6 Å². The van der Waals surface area contributed by atoms with Gasteiger partial charge in [0.25, 0.3) is 0 Å². The van der Waals surface area contributed by atoms with E-state index < -0.39 is 6.04 Å². The highest BCUT2D eigenvalue weighted by Gasteiger charge is 2.21. The molecule has 0 radical (unpaired) electrons. The first-order valence-corrected chi connectivity index (χ1v) is 5.59. The summed E-state index contributed by atoms with van der Waals surface area (Å²) in [6.07, 6.45) is 8.48. The van der Waals surface area contributed by atoms with Crippen LogP contribution in [0, 0.1) is 0 Å². The number of hydrogen-bond donors (Lipinski definition) is 0. The lowest BCUT2D eigenvalue weighted by molar-refractivity contribution is 0.562. The van der Waals surface area contributed by atoms with E-state index >= 15 is 0 Å². The van der Waals surface area contributed by atoms with Crippen LogP contribution >= 0.6 is 0 Å². The van der Waals surface area contributed by atoms with Gasteiger partial charge >= 0.3 is 0 Å². The first-order valence-electron chi connectivity index (χ1n) is 5.59. The number of carbonyl (C=O) groups excluding carboxylic acids is 2. The average Bonchev–Trinajstić information content (AvgIpc) is 2.42. The average molecular weight is 250 g/mol. The Labute approximate surface area is 110 Å². The van der Waals surface area contributed by atoms with E-state index in [4.69, 9.17) is 0 Å². The van der Waals surface area contributed by atoms with E-state index in [0.717, 1.165) is 11.1 Å². The normalized spacial score (nSPS) is 17.2. The van der Waals surface area contributed by atoms with Gasteiger partial charge in [0, 0.05) is 5.56 Å². The van der Waals surface area contributed by atoms with Crippen LogP contribution in [0.25, 0.3) is 5.57 Å².